The second kappa shape index (κ2) is 5.47. The molecular formula is C15H17N3O3. The van der Waals surface area contributed by atoms with E-state index in [1.54, 1.807) is 4.90 Å². The number of hydrogen-bond acceptors (Lipinski definition) is 3. The van der Waals surface area contributed by atoms with E-state index in [0.717, 1.165) is 17.3 Å². The van der Waals surface area contributed by atoms with Crippen molar-refractivity contribution in [1.29, 1.82) is 0 Å². The van der Waals surface area contributed by atoms with Gasteiger partial charge in [0.05, 0.1) is 13.2 Å². The maximum Gasteiger partial charge on any atom is 0.407 e. The zero-order valence-electron chi connectivity index (χ0n) is 11.8. The highest BCUT2D eigenvalue weighted by atomic mass is 16.5. The highest BCUT2D eigenvalue weighted by Crippen LogP contribution is 2.18. The Hall–Kier alpha value is -2.50. The second-order valence-electron chi connectivity index (χ2n) is 5.15. The van der Waals surface area contributed by atoms with Crippen LogP contribution in [0.3, 0.4) is 0 Å². The molecule has 1 aliphatic heterocycles. The first-order valence-corrected chi connectivity index (χ1v) is 6.88. The summed E-state index contributed by atoms with van der Waals surface area (Å²) in [5.41, 5.74) is 1.60. The van der Waals surface area contributed by atoms with Gasteiger partial charge in [0.15, 0.2) is 0 Å². The summed E-state index contributed by atoms with van der Waals surface area (Å²) < 4.78 is 4.57. The Morgan fingerprint density at radius 2 is 2.24 bits per heavy atom. The van der Waals surface area contributed by atoms with E-state index in [-0.39, 0.29) is 11.9 Å². The van der Waals surface area contributed by atoms with Crippen LogP contribution in [0.4, 0.5) is 4.79 Å². The summed E-state index contributed by atoms with van der Waals surface area (Å²) in [4.78, 5) is 28.5. The number of ether oxygens (including phenoxy) is 1. The summed E-state index contributed by atoms with van der Waals surface area (Å²) in [5.74, 6) is -0.0133. The number of rotatable bonds is 2. The average Bonchev–Trinajstić information content (AvgIpc) is 3.14. The predicted molar refractivity (Wildman–Crippen MR) is 78.1 cm³/mol. The van der Waals surface area contributed by atoms with Gasteiger partial charge in [0.1, 0.15) is 0 Å². The van der Waals surface area contributed by atoms with Gasteiger partial charge < -0.3 is 19.9 Å². The average molecular weight is 287 g/mol. The number of carbonyl (C=O) groups is 2. The highest BCUT2D eigenvalue weighted by molar-refractivity contribution is 5.98. The van der Waals surface area contributed by atoms with Crippen LogP contribution in [-0.4, -0.2) is 48.1 Å². The van der Waals surface area contributed by atoms with Crippen molar-refractivity contribution >= 4 is 22.9 Å². The third-order valence-corrected chi connectivity index (χ3v) is 3.78. The molecule has 1 saturated heterocycles. The Balaban J connectivity index is 1.69. The normalized spacial score (nSPS) is 18.0. The molecule has 6 heteroatoms. The van der Waals surface area contributed by atoms with Crippen molar-refractivity contribution < 1.29 is 14.3 Å². The Labute approximate surface area is 122 Å². The van der Waals surface area contributed by atoms with E-state index in [9.17, 15) is 9.59 Å². The summed E-state index contributed by atoms with van der Waals surface area (Å²) in [6.45, 7) is 1.15. The molecule has 2 aromatic rings. The van der Waals surface area contributed by atoms with Crippen LogP contribution < -0.4 is 5.32 Å². The lowest BCUT2D eigenvalue weighted by Gasteiger charge is -2.17. The van der Waals surface area contributed by atoms with Crippen molar-refractivity contribution in [2.45, 2.75) is 12.5 Å². The zero-order valence-corrected chi connectivity index (χ0v) is 11.8. The molecule has 2 N–H and O–H groups in total. The SMILES string of the molecule is COC(=O)NC1CCN(C(=O)c2ccc3cc[nH]c3c2)C1. The minimum Gasteiger partial charge on any atom is -0.453 e. The first-order chi connectivity index (χ1) is 10.2. The Morgan fingerprint density at radius 3 is 3.05 bits per heavy atom. The smallest absolute Gasteiger partial charge is 0.407 e. The second-order valence-corrected chi connectivity index (χ2v) is 5.15. The number of amides is 2. The largest absolute Gasteiger partial charge is 0.453 e. The molecule has 2 amide bonds. The Kier molecular flexibility index (Phi) is 3.51. The van der Waals surface area contributed by atoms with Gasteiger partial charge in [-0.3, -0.25) is 4.79 Å². The van der Waals surface area contributed by atoms with E-state index < -0.39 is 6.09 Å². The lowest BCUT2D eigenvalue weighted by Crippen LogP contribution is -2.38. The zero-order chi connectivity index (χ0) is 14.8. The lowest BCUT2D eigenvalue weighted by atomic mass is 10.1. The van der Waals surface area contributed by atoms with Gasteiger partial charge in [-0.2, -0.15) is 0 Å². The van der Waals surface area contributed by atoms with E-state index in [2.05, 4.69) is 15.0 Å². The monoisotopic (exact) mass is 287 g/mol. The molecule has 2 heterocycles. The van der Waals surface area contributed by atoms with Crippen molar-refractivity contribution in [3.63, 3.8) is 0 Å². The number of nitrogens with one attached hydrogen (secondary N) is 2. The number of nitrogens with zero attached hydrogens (tertiary/aromatic N) is 1. The summed E-state index contributed by atoms with van der Waals surface area (Å²) >= 11 is 0. The molecule has 0 bridgehead atoms. The van der Waals surface area contributed by atoms with Gasteiger partial charge in [0.25, 0.3) is 5.91 Å². The van der Waals surface area contributed by atoms with Gasteiger partial charge in [-0.15, -0.1) is 0 Å². The fraction of sp³-hybridized carbons (Fsp3) is 0.333. The number of carbonyl (C=O) groups excluding carboxylic acids is 2. The third kappa shape index (κ3) is 2.69. The first kappa shape index (κ1) is 13.5. The van der Waals surface area contributed by atoms with Crippen LogP contribution in [0.25, 0.3) is 10.9 Å². The molecule has 1 aliphatic rings. The van der Waals surface area contributed by atoms with Gasteiger partial charge in [-0.1, -0.05) is 6.07 Å². The first-order valence-electron chi connectivity index (χ1n) is 6.88. The molecule has 21 heavy (non-hydrogen) atoms. The van der Waals surface area contributed by atoms with Crippen molar-refractivity contribution in [3.8, 4) is 0 Å². The predicted octanol–water partition coefficient (Wildman–Crippen LogP) is 1.74. The number of aromatic amines is 1. The van der Waals surface area contributed by atoms with Gasteiger partial charge in [0.2, 0.25) is 0 Å². The van der Waals surface area contributed by atoms with E-state index >= 15 is 0 Å². The van der Waals surface area contributed by atoms with E-state index in [1.807, 2.05) is 30.5 Å². The number of likely N-dealkylation sites (tertiary alicyclic amines) is 1. The summed E-state index contributed by atoms with van der Waals surface area (Å²) in [7, 11) is 1.33. The maximum atomic E-state index is 12.5. The molecule has 110 valence electrons. The summed E-state index contributed by atoms with van der Waals surface area (Å²) in [6.07, 6.45) is 2.14. The van der Waals surface area contributed by atoms with Crippen LogP contribution in [0.5, 0.6) is 0 Å². The lowest BCUT2D eigenvalue weighted by molar-refractivity contribution is 0.0788. The minimum absolute atomic E-state index is 0.0133. The molecule has 0 aliphatic carbocycles. The molecule has 6 nitrogen and oxygen atoms in total. The van der Waals surface area contributed by atoms with Gasteiger partial charge in [-0.05, 0) is 30.0 Å². The quantitative estimate of drug-likeness (QED) is 0.883. The van der Waals surface area contributed by atoms with Crippen molar-refractivity contribution in [2.24, 2.45) is 0 Å². The maximum absolute atomic E-state index is 12.5. The van der Waals surface area contributed by atoms with E-state index in [4.69, 9.17) is 0 Å². The van der Waals surface area contributed by atoms with Crippen LogP contribution in [-0.2, 0) is 4.74 Å². The topological polar surface area (TPSA) is 74.4 Å². The number of fused-ring (bicyclic) bond motifs is 1. The number of hydrogen-bond donors (Lipinski definition) is 2. The van der Waals surface area contributed by atoms with Crippen LogP contribution in [0.1, 0.15) is 16.8 Å². The molecule has 0 spiro atoms. The number of H-pyrrole nitrogens is 1. The summed E-state index contributed by atoms with van der Waals surface area (Å²) in [5, 5.41) is 3.81. The number of alkyl carbamates (subject to hydrolysis) is 1. The van der Waals surface area contributed by atoms with Gasteiger partial charge >= 0.3 is 6.09 Å². The number of aromatic nitrogens is 1. The van der Waals surface area contributed by atoms with Crippen LogP contribution >= 0.6 is 0 Å². The standard InChI is InChI=1S/C15H17N3O3/c1-21-15(20)17-12-5-7-18(9-12)14(19)11-3-2-10-4-6-16-13(10)8-11/h2-4,6,8,12,16H,5,7,9H2,1H3,(H,17,20). The van der Waals surface area contributed by atoms with Gasteiger partial charge in [0, 0.05) is 30.4 Å². The third-order valence-electron chi connectivity index (χ3n) is 3.78. The van der Waals surface area contributed by atoms with Crippen LogP contribution in [0.2, 0.25) is 0 Å². The molecule has 1 aromatic heterocycles. The van der Waals surface area contributed by atoms with Crippen molar-refractivity contribution in [2.75, 3.05) is 20.2 Å². The minimum atomic E-state index is -0.456. The van der Waals surface area contributed by atoms with E-state index in [0.29, 0.717) is 18.7 Å². The Bertz CT molecular complexity index is 680. The molecule has 1 aromatic carbocycles. The molecule has 1 fully saturated rings. The van der Waals surface area contributed by atoms with Gasteiger partial charge in [-0.25, -0.2) is 4.79 Å². The summed E-state index contributed by atoms with van der Waals surface area (Å²) in [6, 6.07) is 7.54. The fourth-order valence-electron chi connectivity index (χ4n) is 2.65. The molecule has 1 unspecified atom stereocenters. The Morgan fingerprint density at radius 1 is 1.38 bits per heavy atom. The van der Waals surface area contributed by atoms with Crippen LogP contribution in [0.15, 0.2) is 30.5 Å². The number of benzene rings is 1. The molecule has 1 atom stereocenters. The molecule has 0 radical (unpaired) electrons. The fourth-order valence-corrected chi connectivity index (χ4v) is 2.65. The van der Waals surface area contributed by atoms with E-state index in [1.165, 1.54) is 7.11 Å². The highest BCUT2D eigenvalue weighted by Gasteiger charge is 2.28. The molecule has 0 saturated carbocycles. The van der Waals surface area contributed by atoms with Crippen LogP contribution in [0, 0.1) is 0 Å². The van der Waals surface area contributed by atoms with Crippen molar-refractivity contribution in [1.82, 2.24) is 15.2 Å². The molecule has 3 rings (SSSR count). The molecular weight excluding hydrogens is 270 g/mol. The number of methoxy groups -OCH3 is 1. The van der Waals surface area contributed by atoms with Crippen molar-refractivity contribution in [3.05, 3.63) is 36.0 Å².